The van der Waals surface area contributed by atoms with Crippen LogP contribution in [0.4, 0.5) is 0 Å². The lowest BCUT2D eigenvalue weighted by Crippen LogP contribution is -2.36. The Balaban J connectivity index is 0.00000242. The molecule has 1 aliphatic heterocycles. The highest BCUT2D eigenvalue weighted by molar-refractivity contribution is 5.85. The fraction of sp³-hybridized carbons (Fsp3) is 0.647. The fourth-order valence-corrected chi connectivity index (χ4v) is 2.30. The molecule has 1 aromatic carbocycles. The van der Waals surface area contributed by atoms with Gasteiger partial charge in [-0.3, -0.25) is 4.90 Å². The second-order valence-electron chi connectivity index (χ2n) is 5.33. The summed E-state index contributed by atoms with van der Waals surface area (Å²) in [5.74, 6) is 1.83. The van der Waals surface area contributed by atoms with E-state index in [4.69, 9.17) is 14.2 Å². The van der Waals surface area contributed by atoms with Crippen molar-refractivity contribution in [3.05, 3.63) is 24.3 Å². The lowest BCUT2D eigenvalue weighted by atomic mass is 10.3. The van der Waals surface area contributed by atoms with E-state index in [0.29, 0.717) is 0 Å². The van der Waals surface area contributed by atoms with Gasteiger partial charge in [0.05, 0.1) is 26.4 Å². The van der Waals surface area contributed by atoms with Gasteiger partial charge in [-0.15, -0.1) is 12.4 Å². The lowest BCUT2D eigenvalue weighted by molar-refractivity contribution is 0.0368. The molecular weight excluding hydrogens is 302 g/mol. The van der Waals surface area contributed by atoms with Crippen LogP contribution in [0.25, 0.3) is 0 Å². The maximum absolute atomic E-state index is 5.76. The molecule has 0 aliphatic carbocycles. The van der Waals surface area contributed by atoms with Gasteiger partial charge in [-0.05, 0) is 50.1 Å². The van der Waals surface area contributed by atoms with E-state index in [1.54, 1.807) is 0 Å². The molecule has 0 saturated carbocycles. The maximum Gasteiger partial charge on any atom is 0.119 e. The molecule has 0 amide bonds. The molecule has 0 atom stereocenters. The number of halogens is 1. The Kier molecular flexibility index (Phi) is 10.0. The van der Waals surface area contributed by atoms with Crippen molar-refractivity contribution in [2.75, 3.05) is 46.1 Å². The van der Waals surface area contributed by atoms with E-state index in [1.807, 2.05) is 24.3 Å². The lowest BCUT2D eigenvalue weighted by Gasteiger charge is -2.26. The summed E-state index contributed by atoms with van der Waals surface area (Å²) >= 11 is 0. The van der Waals surface area contributed by atoms with E-state index >= 15 is 0 Å². The molecule has 1 fully saturated rings. The molecule has 1 aromatic rings. The number of unbranched alkanes of at least 4 members (excludes halogenated alkanes) is 1. The van der Waals surface area contributed by atoms with Crippen molar-refractivity contribution in [3.63, 3.8) is 0 Å². The monoisotopic (exact) mass is 329 g/mol. The summed E-state index contributed by atoms with van der Waals surface area (Å²) in [5, 5.41) is 0. The zero-order valence-corrected chi connectivity index (χ0v) is 14.3. The maximum atomic E-state index is 5.76. The third kappa shape index (κ3) is 7.34. The highest BCUT2D eigenvalue weighted by atomic mass is 35.5. The van der Waals surface area contributed by atoms with Gasteiger partial charge >= 0.3 is 0 Å². The molecule has 0 spiro atoms. The number of hydrogen-bond donors (Lipinski definition) is 0. The molecular formula is C17H28ClNO3. The average Bonchev–Trinajstić information content (AvgIpc) is 2.55. The predicted octanol–water partition coefficient (Wildman–Crippen LogP) is 3.39. The van der Waals surface area contributed by atoms with Crippen molar-refractivity contribution in [2.24, 2.45) is 0 Å². The second kappa shape index (κ2) is 11.6. The molecule has 0 radical (unpaired) electrons. The number of morpholine rings is 1. The van der Waals surface area contributed by atoms with Crippen LogP contribution in [0, 0.1) is 0 Å². The molecule has 1 aliphatic rings. The summed E-state index contributed by atoms with van der Waals surface area (Å²) in [6, 6.07) is 7.90. The van der Waals surface area contributed by atoms with Crippen LogP contribution in [-0.4, -0.2) is 51.0 Å². The first-order chi connectivity index (χ1) is 10.4. The molecule has 0 aromatic heterocycles. The molecule has 0 bridgehead atoms. The SMILES string of the molecule is CCCOc1ccc(OCCCCN2CCOCC2)cc1.Cl. The molecule has 126 valence electrons. The van der Waals surface area contributed by atoms with Gasteiger partial charge in [0.2, 0.25) is 0 Å². The number of rotatable bonds is 9. The predicted molar refractivity (Wildman–Crippen MR) is 91.5 cm³/mol. The van der Waals surface area contributed by atoms with Crippen molar-refractivity contribution in [2.45, 2.75) is 26.2 Å². The quantitative estimate of drug-likeness (QED) is 0.650. The Bertz CT molecular complexity index is 380. The molecule has 4 nitrogen and oxygen atoms in total. The van der Waals surface area contributed by atoms with Crippen LogP contribution in [0.3, 0.4) is 0 Å². The number of hydrogen-bond acceptors (Lipinski definition) is 4. The Morgan fingerprint density at radius 1 is 0.955 bits per heavy atom. The Morgan fingerprint density at radius 3 is 2.14 bits per heavy atom. The summed E-state index contributed by atoms with van der Waals surface area (Å²) in [4.78, 5) is 2.46. The first-order valence-electron chi connectivity index (χ1n) is 8.04. The van der Waals surface area contributed by atoms with Gasteiger partial charge in [-0.25, -0.2) is 0 Å². The van der Waals surface area contributed by atoms with Crippen LogP contribution < -0.4 is 9.47 Å². The van der Waals surface area contributed by atoms with E-state index < -0.39 is 0 Å². The van der Waals surface area contributed by atoms with Crippen molar-refractivity contribution < 1.29 is 14.2 Å². The van der Waals surface area contributed by atoms with E-state index in [9.17, 15) is 0 Å². The molecule has 5 heteroatoms. The molecule has 2 rings (SSSR count). The van der Waals surface area contributed by atoms with Gasteiger partial charge < -0.3 is 14.2 Å². The van der Waals surface area contributed by atoms with E-state index in [0.717, 1.165) is 70.4 Å². The number of benzene rings is 1. The minimum absolute atomic E-state index is 0. The van der Waals surface area contributed by atoms with Crippen LogP contribution in [-0.2, 0) is 4.74 Å². The summed E-state index contributed by atoms with van der Waals surface area (Å²) < 4.78 is 16.6. The first-order valence-corrected chi connectivity index (χ1v) is 8.04. The topological polar surface area (TPSA) is 30.9 Å². The number of ether oxygens (including phenoxy) is 3. The van der Waals surface area contributed by atoms with Crippen LogP contribution in [0.1, 0.15) is 26.2 Å². The van der Waals surface area contributed by atoms with Gasteiger partial charge in [-0.2, -0.15) is 0 Å². The largest absolute Gasteiger partial charge is 0.494 e. The zero-order valence-electron chi connectivity index (χ0n) is 13.5. The standard InChI is InChI=1S/C17H27NO3.ClH/c1-2-12-20-16-5-7-17(8-6-16)21-13-4-3-9-18-10-14-19-15-11-18;/h5-8H,2-4,9-15H2,1H3;1H. The number of nitrogens with zero attached hydrogens (tertiary/aromatic N) is 1. The van der Waals surface area contributed by atoms with Gasteiger partial charge in [-0.1, -0.05) is 6.92 Å². The highest BCUT2D eigenvalue weighted by Crippen LogP contribution is 2.18. The van der Waals surface area contributed by atoms with Gasteiger partial charge in [0.25, 0.3) is 0 Å². The normalized spacial score (nSPS) is 15.1. The third-order valence-corrected chi connectivity index (χ3v) is 3.54. The summed E-state index contributed by atoms with van der Waals surface area (Å²) in [7, 11) is 0. The van der Waals surface area contributed by atoms with Crippen LogP contribution in [0.2, 0.25) is 0 Å². The molecule has 22 heavy (non-hydrogen) atoms. The molecule has 1 heterocycles. The Hall–Kier alpha value is -0.970. The smallest absolute Gasteiger partial charge is 0.119 e. The molecule has 0 unspecified atom stereocenters. The zero-order chi connectivity index (χ0) is 14.8. The van der Waals surface area contributed by atoms with Gasteiger partial charge in [0.1, 0.15) is 11.5 Å². The van der Waals surface area contributed by atoms with Crippen molar-refractivity contribution in [1.29, 1.82) is 0 Å². The van der Waals surface area contributed by atoms with Crippen molar-refractivity contribution in [1.82, 2.24) is 4.90 Å². The molecule has 1 saturated heterocycles. The van der Waals surface area contributed by atoms with E-state index in [1.165, 1.54) is 6.42 Å². The van der Waals surface area contributed by atoms with E-state index in [-0.39, 0.29) is 12.4 Å². The van der Waals surface area contributed by atoms with Gasteiger partial charge in [0.15, 0.2) is 0 Å². The fourth-order valence-electron chi connectivity index (χ4n) is 2.30. The average molecular weight is 330 g/mol. The van der Waals surface area contributed by atoms with Gasteiger partial charge in [0, 0.05) is 13.1 Å². The van der Waals surface area contributed by atoms with Crippen molar-refractivity contribution in [3.8, 4) is 11.5 Å². The molecule has 0 N–H and O–H groups in total. The first kappa shape index (κ1) is 19.1. The summed E-state index contributed by atoms with van der Waals surface area (Å²) in [6.45, 7) is 8.69. The second-order valence-corrected chi connectivity index (χ2v) is 5.33. The third-order valence-electron chi connectivity index (χ3n) is 3.54. The van der Waals surface area contributed by atoms with E-state index in [2.05, 4.69) is 11.8 Å². The van der Waals surface area contributed by atoms with Crippen molar-refractivity contribution >= 4 is 12.4 Å². The van der Waals surface area contributed by atoms with Crippen LogP contribution >= 0.6 is 12.4 Å². The summed E-state index contributed by atoms with van der Waals surface area (Å²) in [6.07, 6.45) is 3.30. The minimum Gasteiger partial charge on any atom is -0.494 e. The Labute approximate surface area is 140 Å². The Morgan fingerprint density at radius 2 is 1.55 bits per heavy atom. The minimum atomic E-state index is 0. The van der Waals surface area contributed by atoms with Crippen LogP contribution in [0.5, 0.6) is 11.5 Å². The van der Waals surface area contributed by atoms with Crippen LogP contribution in [0.15, 0.2) is 24.3 Å². The highest BCUT2D eigenvalue weighted by Gasteiger charge is 2.08. The summed E-state index contributed by atoms with van der Waals surface area (Å²) in [5.41, 5.74) is 0.